The van der Waals surface area contributed by atoms with E-state index >= 15 is 0 Å². The van der Waals surface area contributed by atoms with E-state index in [-0.39, 0.29) is 23.6 Å². The topological polar surface area (TPSA) is 71.1 Å². The third-order valence-electron chi connectivity index (χ3n) is 5.78. The minimum atomic E-state index is -0.411. The van der Waals surface area contributed by atoms with Crippen LogP contribution in [0.25, 0.3) is 0 Å². The average Bonchev–Trinajstić information content (AvgIpc) is 3.08. The summed E-state index contributed by atoms with van der Waals surface area (Å²) in [6.07, 6.45) is 14.7. The van der Waals surface area contributed by atoms with Crippen molar-refractivity contribution in [1.82, 2.24) is 0 Å². The van der Waals surface area contributed by atoms with E-state index in [4.69, 9.17) is 19.6 Å². The summed E-state index contributed by atoms with van der Waals surface area (Å²) in [7, 11) is 0. The molecule has 0 aromatic heterocycles. The second-order valence-electron chi connectivity index (χ2n) is 8.49. The number of hydrogen-bond acceptors (Lipinski definition) is 6. The molecule has 1 rings (SSSR count). The molecule has 180 valence electrons. The predicted molar refractivity (Wildman–Crippen MR) is 121 cm³/mol. The van der Waals surface area contributed by atoms with Gasteiger partial charge in [-0.2, -0.15) is 4.89 Å². The van der Waals surface area contributed by atoms with Crippen LogP contribution in [0.3, 0.4) is 0 Å². The van der Waals surface area contributed by atoms with Crippen LogP contribution in [-0.4, -0.2) is 30.9 Å². The largest absolute Gasteiger partial charge is 0.346 e. The molecule has 1 fully saturated rings. The molecule has 6 nitrogen and oxygen atoms in total. The maximum Gasteiger partial charge on any atom is 0.143 e. The van der Waals surface area contributed by atoms with Gasteiger partial charge in [-0.3, -0.25) is 9.59 Å². The molecule has 0 aromatic rings. The van der Waals surface area contributed by atoms with Crippen molar-refractivity contribution in [3.8, 4) is 0 Å². The van der Waals surface area contributed by atoms with Crippen molar-refractivity contribution in [2.75, 3.05) is 13.2 Å². The zero-order chi connectivity index (χ0) is 22.7. The van der Waals surface area contributed by atoms with Crippen molar-refractivity contribution in [3.63, 3.8) is 0 Å². The first-order chi connectivity index (χ1) is 15.1. The van der Waals surface area contributed by atoms with Gasteiger partial charge in [0.05, 0.1) is 25.2 Å². The summed E-state index contributed by atoms with van der Waals surface area (Å²) < 4.78 is 0. The molecule has 0 saturated heterocycles. The first kappa shape index (κ1) is 27.8. The smallest absolute Gasteiger partial charge is 0.143 e. The summed E-state index contributed by atoms with van der Waals surface area (Å²) in [5.74, 6) is -0.106. The van der Waals surface area contributed by atoms with E-state index in [1.165, 1.54) is 0 Å². The summed E-state index contributed by atoms with van der Waals surface area (Å²) in [5, 5.41) is 0. The molecule has 0 spiro atoms. The highest BCUT2D eigenvalue weighted by Crippen LogP contribution is 2.27. The maximum atomic E-state index is 11.9. The van der Waals surface area contributed by atoms with E-state index in [9.17, 15) is 9.59 Å². The molecule has 0 bridgehead atoms. The summed E-state index contributed by atoms with van der Waals surface area (Å²) in [6, 6.07) is 0. The number of ketones is 2. The van der Waals surface area contributed by atoms with Crippen LogP contribution in [0, 0.1) is 11.8 Å². The first-order valence-corrected chi connectivity index (χ1v) is 12.4. The molecule has 0 aromatic carbocycles. The maximum absolute atomic E-state index is 11.9. The SMILES string of the molecule is CCCCCOO/C=C\C(CCC)C(CCCC1C(=O)CCC1=O)OOCCCCC. The van der Waals surface area contributed by atoms with Crippen molar-refractivity contribution in [1.29, 1.82) is 0 Å². The van der Waals surface area contributed by atoms with E-state index in [0.717, 1.165) is 64.2 Å². The number of hydrogen-bond donors (Lipinski definition) is 0. The third kappa shape index (κ3) is 12.4. The van der Waals surface area contributed by atoms with E-state index in [1.807, 2.05) is 6.08 Å². The second kappa shape index (κ2) is 18.3. The standard InChI is InChI=1S/C25H44O6/c1-4-7-9-18-28-29-20-17-21(12-6-3)25(31-30-19-10-8-5-2)14-11-13-22-23(26)15-16-24(22)27/h17,20-22,25H,4-16,18-19H2,1-3H3/b20-17-. The molecule has 1 aliphatic rings. The van der Waals surface area contributed by atoms with Gasteiger partial charge in [-0.25, -0.2) is 9.78 Å². The molecular formula is C25H44O6. The van der Waals surface area contributed by atoms with Crippen molar-refractivity contribution >= 4 is 11.6 Å². The van der Waals surface area contributed by atoms with Crippen LogP contribution < -0.4 is 0 Å². The molecule has 0 heterocycles. The van der Waals surface area contributed by atoms with E-state index in [2.05, 4.69) is 20.8 Å². The Kier molecular flexibility index (Phi) is 16.4. The van der Waals surface area contributed by atoms with Gasteiger partial charge in [0.2, 0.25) is 0 Å². The predicted octanol–water partition coefficient (Wildman–Crippen LogP) is 6.28. The average molecular weight is 441 g/mol. The van der Waals surface area contributed by atoms with Crippen LogP contribution in [0.4, 0.5) is 0 Å². The molecule has 0 amide bonds. The van der Waals surface area contributed by atoms with E-state index < -0.39 is 5.92 Å². The molecule has 31 heavy (non-hydrogen) atoms. The lowest BCUT2D eigenvalue weighted by Crippen LogP contribution is -2.24. The molecule has 2 atom stereocenters. The Morgan fingerprint density at radius 2 is 1.48 bits per heavy atom. The monoisotopic (exact) mass is 440 g/mol. The van der Waals surface area contributed by atoms with Gasteiger partial charge in [0.15, 0.2) is 0 Å². The Bertz CT molecular complexity index is 488. The van der Waals surface area contributed by atoms with E-state index in [0.29, 0.717) is 32.5 Å². The normalized spacial score (nSPS) is 17.0. The van der Waals surface area contributed by atoms with Crippen molar-refractivity contribution in [2.24, 2.45) is 11.8 Å². The molecule has 1 saturated carbocycles. The van der Waals surface area contributed by atoms with Crippen molar-refractivity contribution in [3.05, 3.63) is 12.3 Å². The molecule has 0 radical (unpaired) electrons. The quantitative estimate of drug-likeness (QED) is 0.0729. The minimum Gasteiger partial charge on any atom is -0.346 e. The van der Waals surface area contributed by atoms with Gasteiger partial charge in [-0.05, 0) is 44.6 Å². The van der Waals surface area contributed by atoms with Gasteiger partial charge in [-0.15, -0.1) is 0 Å². The second-order valence-corrected chi connectivity index (χ2v) is 8.49. The number of rotatable bonds is 20. The van der Waals surface area contributed by atoms with Crippen LogP contribution in [0.2, 0.25) is 0 Å². The Labute approximate surface area is 188 Å². The number of carbonyl (C=O) groups is 2. The zero-order valence-corrected chi connectivity index (χ0v) is 19.9. The highest BCUT2D eigenvalue weighted by Gasteiger charge is 2.32. The molecule has 1 aliphatic carbocycles. The van der Waals surface area contributed by atoms with Gasteiger partial charge >= 0.3 is 0 Å². The fourth-order valence-corrected chi connectivity index (χ4v) is 3.87. The van der Waals surface area contributed by atoms with Crippen LogP contribution in [-0.2, 0) is 29.1 Å². The van der Waals surface area contributed by atoms with Gasteiger partial charge in [0, 0.05) is 18.8 Å². The van der Waals surface area contributed by atoms with Gasteiger partial charge in [0.25, 0.3) is 0 Å². The van der Waals surface area contributed by atoms with Gasteiger partial charge < -0.3 is 4.89 Å². The molecule has 0 aliphatic heterocycles. The summed E-state index contributed by atoms with van der Waals surface area (Å²) in [5.41, 5.74) is 0. The van der Waals surface area contributed by atoms with Crippen LogP contribution in [0.5, 0.6) is 0 Å². The van der Waals surface area contributed by atoms with Crippen LogP contribution >= 0.6 is 0 Å². The first-order valence-electron chi connectivity index (χ1n) is 12.4. The molecule has 2 unspecified atom stereocenters. The Balaban J connectivity index is 2.56. The number of carbonyl (C=O) groups excluding carboxylic acids is 2. The van der Waals surface area contributed by atoms with Crippen molar-refractivity contribution < 1.29 is 29.1 Å². The summed E-state index contributed by atoms with van der Waals surface area (Å²) in [6.45, 7) is 7.60. The van der Waals surface area contributed by atoms with Crippen LogP contribution in [0.15, 0.2) is 12.3 Å². The third-order valence-corrected chi connectivity index (χ3v) is 5.78. The van der Waals surface area contributed by atoms with E-state index in [1.54, 1.807) is 6.26 Å². The highest BCUT2D eigenvalue weighted by molar-refractivity contribution is 6.08. The molecular weight excluding hydrogens is 396 g/mol. The van der Waals surface area contributed by atoms with Gasteiger partial charge in [-0.1, -0.05) is 52.9 Å². The van der Waals surface area contributed by atoms with Crippen LogP contribution in [0.1, 0.15) is 104 Å². The van der Waals surface area contributed by atoms with Gasteiger partial charge in [0.1, 0.15) is 17.8 Å². The Morgan fingerprint density at radius 3 is 2.10 bits per heavy atom. The minimum absolute atomic E-state index is 0.0944. The molecule has 0 N–H and O–H groups in total. The number of unbranched alkanes of at least 4 members (excludes halogenated alkanes) is 4. The lowest BCUT2D eigenvalue weighted by atomic mass is 9.91. The fourth-order valence-electron chi connectivity index (χ4n) is 3.87. The Morgan fingerprint density at radius 1 is 0.839 bits per heavy atom. The number of Topliss-reactive ketones (excluding diaryl/α,β-unsaturated/α-hetero) is 2. The zero-order valence-electron chi connectivity index (χ0n) is 19.9. The summed E-state index contributed by atoms with van der Waals surface area (Å²) >= 11 is 0. The lowest BCUT2D eigenvalue weighted by Gasteiger charge is -2.24. The molecule has 6 heteroatoms. The summed E-state index contributed by atoms with van der Waals surface area (Å²) in [4.78, 5) is 45.6. The Hall–Kier alpha value is -1.24. The highest BCUT2D eigenvalue weighted by atomic mass is 17.2. The lowest BCUT2D eigenvalue weighted by molar-refractivity contribution is -0.333. The van der Waals surface area contributed by atoms with Crippen molar-refractivity contribution in [2.45, 2.75) is 110 Å². The fraction of sp³-hybridized carbons (Fsp3) is 0.840.